The first-order valence-electron chi connectivity index (χ1n) is 8.38. The lowest BCUT2D eigenvalue weighted by molar-refractivity contribution is -0.119. The van der Waals surface area contributed by atoms with Gasteiger partial charge >= 0.3 is 0 Å². The number of hydrogen-bond acceptors (Lipinski definition) is 4. The van der Waals surface area contributed by atoms with E-state index in [9.17, 15) is 4.79 Å². The van der Waals surface area contributed by atoms with Crippen LogP contribution in [0.4, 0.5) is 5.69 Å². The minimum Gasteiger partial charge on any atom is -0.459 e. The Labute approximate surface area is 166 Å². The summed E-state index contributed by atoms with van der Waals surface area (Å²) in [5.41, 5.74) is 4.35. The number of nitrogens with one attached hydrogen (secondary N) is 1. The normalized spacial score (nSPS) is 17.9. The number of amidine groups is 1. The molecule has 0 aromatic heterocycles. The highest BCUT2D eigenvalue weighted by Gasteiger charge is 2.28. The minimum atomic E-state index is -0.600. The van der Waals surface area contributed by atoms with Crippen molar-refractivity contribution in [3.05, 3.63) is 70.5 Å². The number of hydrogen-bond donors (Lipinski definition) is 1. The smallest absolute Gasteiger partial charge is 0.247 e. The van der Waals surface area contributed by atoms with Crippen LogP contribution >= 0.6 is 15.9 Å². The number of carbonyl (C=O) groups is 1. The molecule has 2 aromatic carbocycles. The van der Waals surface area contributed by atoms with E-state index < -0.39 is 4.83 Å². The molecule has 0 fully saturated rings. The van der Waals surface area contributed by atoms with Gasteiger partial charge in [0.25, 0.3) is 0 Å². The Kier molecular flexibility index (Phi) is 5.43. The summed E-state index contributed by atoms with van der Waals surface area (Å²) in [4.78, 5) is 16.1. The van der Waals surface area contributed by atoms with Crippen LogP contribution in [0.15, 0.2) is 53.2 Å². The van der Waals surface area contributed by atoms with Crippen molar-refractivity contribution in [2.75, 3.05) is 0 Å². The molecule has 3 rings (SSSR count). The molecule has 2 aromatic rings. The molecule has 1 N–H and O–H groups in total. The third-order valence-corrected chi connectivity index (χ3v) is 4.95. The second-order valence-corrected chi connectivity index (χ2v) is 7.30. The topological polar surface area (TPSA) is 74.5 Å². The summed E-state index contributed by atoms with van der Waals surface area (Å²) < 4.78 is 6.09. The molecule has 1 aliphatic heterocycles. The largest absolute Gasteiger partial charge is 0.459 e. The molecule has 27 heavy (non-hydrogen) atoms. The third kappa shape index (κ3) is 4.26. The number of alkyl halides is 1. The first kappa shape index (κ1) is 18.9. The number of nitriles is 1. The molecule has 0 spiro atoms. The van der Waals surface area contributed by atoms with E-state index in [1.807, 2.05) is 32.9 Å². The number of halogens is 1. The Hall–Kier alpha value is -2.91. The molecule has 6 heteroatoms. The Balaban J connectivity index is 1.94. The van der Waals surface area contributed by atoms with Crippen LogP contribution in [0.1, 0.15) is 22.3 Å². The van der Waals surface area contributed by atoms with Gasteiger partial charge in [0.1, 0.15) is 17.3 Å². The average Bonchev–Trinajstić information content (AvgIpc) is 2.62. The second kappa shape index (κ2) is 7.77. The molecule has 1 heterocycles. The molecule has 0 bridgehead atoms. The Morgan fingerprint density at radius 2 is 1.78 bits per heavy atom. The maximum atomic E-state index is 12.3. The highest BCUT2D eigenvalue weighted by Crippen LogP contribution is 2.29. The Morgan fingerprint density at radius 3 is 2.37 bits per heavy atom. The Bertz CT molecular complexity index is 978. The molecule has 136 valence electrons. The van der Waals surface area contributed by atoms with E-state index in [4.69, 9.17) is 10.00 Å². The van der Waals surface area contributed by atoms with E-state index in [0.29, 0.717) is 22.8 Å². The van der Waals surface area contributed by atoms with Crippen LogP contribution < -0.4 is 10.1 Å². The van der Waals surface area contributed by atoms with Crippen LogP contribution in [0, 0.1) is 32.1 Å². The lowest BCUT2D eigenvalue weighted by Gasteiger charge is -2.22. The van der Waals surface area contributed by atoms with Crippen LogP contribution in [0.2, 0.25) is 0 Å². The summed E-state index contributed by atoms with van der Waals surface area (Å²) in [5.74, 6) is 1.35. The monoisotopic (exact) mass is 423 g/mol. The molecule has 5 nitrogen and oxygen atoms in total. The van der Waals surface area contributed by atoms with Crippen molar-refractivity contribution in [2.45, 2.75) is 25.6 Å². The lowest BCUT2D eigenvalue weighted by Crippen LogP contribution is -2.41. The van der Waals surface area contributed by atoms with Gasteiger partial charge in [0, 0.05) is 6.08 Å². The van der Waals surface area contributed by atoms with Crippen LogP contribution in [0.3, 0.4) is 0 Å². The molecule has 0 aliphatic carbocycles. The summed E-state index contributed by atoms with van der Waals surface area (Å²) in [6, 6.07) is 12.9. The molecule has 0 radical (unpaired) electrons. The van der Waals surface area contributed by atoms with Gasteiger partial charge in [-0.25, -0.2) is 4.99 Å². The SMILES string of the molecule is Cc1cc(C)c(OC2=CC(=Nc3ccc(C#N)cc3)NC(=O)C2Br)c(C)c1. The quantitative estimate of drug-likeness (QED) is 0.744. The van der Waals surface area contributed by atoms with Gasteiger partial charge in [-0.1, -0.05) is 33.6 Å². The maximum Gasteiger partial charge on any atom is 0.247 e. The van der Waals surface area contributed by atoms with Crippen molar-refractivity contribution >= 4 is 33.4 Å². The number of rotatable bonds is 3. The summed E-state index contributed by atoms with van der Waals surface area (Å²) in [5, 5.41) is 11.6. The van der Waals surface area contributed by atoms with Gasteiger partial charge in [0.05, 0.1) is 17.3 Å². The predicted molar refractivity (Wildman–Crippen MR) is 108 cm³/mol. The van der Waals surface area contributed by atoms with Crippen molar-refractivity contribution in [1.82, 2.24) is 5.32 Å². The van der Waals surface area contributed by atoms with Crippen molar-refractivity contribution < 1.29 is 9.53 Å². The maximum absolute atomic E-state index is 12.3. The summed E-state index contributed by atoms with van der Waals surface area (Å²) in [6.45, 7) is 5.99. The fraction of sp³-hybridized carbons (Fsp3) is 0.190. The lowest BCUT2D eigenvalue weighted by atomic mass is 10.1. The Morgan fingerprint density at radius 1 is 1.15 bits per heavy atom. The molecule has 1 aliphatic rings. The number of amides is 1. The van der Waals surface area contributed by atoms with Crippen LogP contribution in [0.5, 0.6) is 5.75 Å². The zero-order valence-electron chi connectivity index (χ0n) is 15.2. The zero-order valence-corrected chi connectivity index (χ0v) is 16.8. The van der Waals surface area contributed by atoms with Gasteiger partial charge in [-0.3, -0.25) is 4.79 Å². The fourth-order valence-corrected chi connectivity index (χ4v) is 3.24. The van der Waals surface area contributed by atoms with Gasteiger partial charge in [0.2, 0.25) is 5.91 Å². The van der Waals surface area contributed by atoms with Gasteiger partial charge in [-0.15, -0.1) is 0 Å². The predicted octanol–water partition coefficient (Wildman–Crippen LogP) is 4.37. The fourth-order valence-electron chi connectivity index (χ4n) is 2.90. The average molecular weight is 424 g/mol. The minimum absolute atomic E-state index is 0.248. The molecule has 0 saturated heterocycles. The number of nitrogens with zero attached hydrogens (tertiary/aromatic N) is 2. The summed E-state index contributed by atoms with van der Waals surface area (Å²) >= 11 is 3.38. The van der Waals surface area contributed by atoms with Crippen molar-refractivity contribution in [2.24, 2.45) is 4.99 Å². The first-order valence-corrected chi connectivity index (χ1v) is 9.30. The van der Waals surface area contributed by atoms with Crippen molar-refractivity contribution in [1.29, 1.82) is 5.26 Å². The van der Waals surface area contributed by atoms with Crippen LogP contribution in [-0.2, 0) is 4.79 Å². The molecular formula is C21H18BrN3O2. The highest BCUT2D eigenvalue weighted by molar-refractivity contribution is 9.10. The third-order valence-electron chi connectivity index (χ3n) is 4.08. The molecular weight excluding hydrogens is 406 g/mol. The number of aliphatic imine (C=N–C) groups is 1. The number of carbonyl (C=O) groups excluding carboxylic acids is 1. The van der Waals surface area contributed by atoms with E-state index in [1.165, 1.54) is 0 Å². The summed E-state index contributed by atoms with van der Waals surface area (Å²) in [7, 11) is 0. The van der Waals surface area contributed by atoms with E-state index in [0.717, 1.165) is 22.4 Å². The standard InChI is InChI=1S/C21H18BrN3O2/c1-12-8-13(2)20(14(3)9-12)27-17-10-18(25-21(26)19(17)22)24-16-6-4-15(11-23)5-7-16/h4-10,19H,1-3H3,(H,24,25,26). The van der Waals surface area contributed by atoms with Crippen molar-refractivity contribution in [3.8, 4) is 11.8 Å². The first-order chi connectivity index (χ1) is 12.9. The molecule has 0 saturated carbocycles. The van der Waals surface area contributed by atoms with E-state index >= 15 is 0 Å². The van der Waals surface area contributed by atoms with Crippen LogP contribution in [0.25, 0.3) is 0 Å². The highest BCUT2D eigenvalue weighted by atomic mass is 79.9. The van der Waals surface area contributed by atoms with Crippen LogP contribution in [-0.4, -0.2) is 16.6 Å². The molecule has 1 atom stereocenters. The van der Waals surface area contributed by atoms with Gasteiger partial charge in [-0.05, 0) is 56.2 Å². The molecule has 1 amide bonds. The van der Waals surface area contributed by atoms with Gasteiger partial charge in [0.15, 0.2) is 4.83 Å². The van der Waals surface area contributed by atoms with E-state index in [-0.39, 0.29) is 5.91 Å². The molecule has 1 unspecified atom stereocenters. The number of benzene rings is 2. The second-order valence-electron chi connectivity index (χ2n) is 6.38. The number of ether oxygens (including phenoxy) is 1. The van der Waals surface area contributed by atoms with E-state index in [1.54, 1.807) is 30.3 Å². The van der Waals surface area contributed by atoms with Gasteiger partial charge < -0.3 is 10.1 Å². The zero-order chi connectivity index (χ0) is 19.6. The number of aryl methyl sites for hydroxylation is 3. The van der Waals surface area contributed by atoms with Crippen molar-refractivity contribution in [3.63, 3.8) is 0 Å². The van der Waals surface area contributed by atoms with E-state index in [2.05, 4.69) is 32.3 Å². The van der Waals surface area contributed by atoms with Gasteiger partial charge in [-0.2, -0.15) is 5.26 Å². The summed E-state index contributed by atoms with van der Waals surface area (Å²) in [6.07, 6.45) is 1.71.